The Morgan fingerprint density at radius 1 is 1.17 bits per heavy atom. The molecule has 1 aromatic heterocycles. The Labute approximate surface area is 141 Å². The zero-order valence-corrected chi connectivity index (χ0v) is 13.7. The average molecular weight is 324 g/mol. The van der Waals surface area contributed by atoms with Crippen molar-refractivity contribution in [1.29, 1.82) is 0 Å². The molecule has 0 radical (unpaired) electrons. The first-order valence-electron chi connectivity index (χ1n) is 7.60. The molecule has 2 amide bonds. The van der Waals surface area contributed by atoms with E-state index in [9.17, 15) is 9.59 Å². The van der Waals surface area contributed by atoms with Gasteiger partial charge in [0.15, 0.2) is 0 Å². The van der Waals surface area contributed by atoms with Gasteiger partial charge in [-0.25, -0.2) is 5.43 Å². The standard InChI is InChI=1S/C18H20N4O2/c1-13-5-7-16(8-6-13)18(24)22-21-14(2)10-17(23)20-12-15-4-3-9-19-11-15/h3-9,11H,10,12H2,1-2H3,(H,20,23)(H,22,24). The third kappa shape index (κ3) is 5.64. The van der Waals surface area contributed by atoms with Crippen LogP contribution in [0.2, 0.25) is 0 Å². The molecule has 6 nitrogen and oxygen atoms in total. The average Bonchev–Trinajstić information content (AvgIpc) is 2.59. The molecule has 0 aliphatic rings. The molecular weight excluding hydrogens is 304 g/mol. The normalized spacial score (nSPS) is 11.0. The third-order valence-corrected chi connectivity index (χ3v) is 3.29. The van der Waals surface area contributed by atoms with Gasteiger partial charge < -0.3 is 5.32 Å². The number of aromatic nitrogens is 1. The van der Waals surface area contributed by atoms with Crippen molar-refractivity contribution in [2.45, 2.75) is 26.8 Å². The summed E-state index contributed by atoms with van der Waals surface area (Å²) in [7, 11) is 0. The number of nitrogens with zero attached hydrogens (tertiary/aromatic N) is 2. The predicted octanol–water partition coefficient (Wildman–Crippen LogP) is 2.20. The number of hydrogen-bond acceptors (Lipinski definition) is 4. The van der Waals surface area contributed by atoms with Crippen molar-refractivity contribution >= 4 is 17.5 Å². The number of benzene rings is 1. The van der Waals surface area contributed by atoms with Gasteiger partial charge in [0.25, 0.3) is 5.91 Å². The van der Waals surface area contributed by atoms with E-state index in [0.29, 0.717) is 17.8 Å². The zero-order valence-electron chi connectivity index (χ0n) is 13.7. The summed E-state index contributed by atoms with van der Waals surface area (Å²) in [6, 6.07) is 10.9. The van der Waals surface area contributed by atoms with E-state index in [1.807, 2.05) is 31.2 Å². The number of amides is 2. The number of hydrogen-bond donors (Lipinski definition) is 2. The minimum atomic E-state index is -0.301. The number of rotatable bonds is 6. The fraction of sp³-hybridized carbons (Fsp3) is 0.222. The summed E-state index contributed by atoms with van der Waals surface area (Å²) >= 11 is 0. The van der Waals surface area contributed by atoms with Gasteiger partial charge in [-0.2, -0.15) is 5.10 Å². The van der Waals surface area contributed by atoms with E-state index in [4.69, 9.17) is 0 Å². The molecule has 24 heavy (non-hydrogen) atoms. The lowest BCUT2D eigenvalue weighted by Gasteiger charge is -2.05. The van der Waals surface area contributed by atoms with Crippen LogP contribution in [0.4, 0.5) is 0 Å². The molecule has 2 rings (SSSR count). The number of hydrazone groups is 1. The van der Waals surface area contributed by atoms with Crippen LogP contribution in [0.3, 0.4) is 0 Å². The Bertz CT molecular complexity index is 724. The molecule has 6 heteroatoms. The highest BCUT2D eigenvalue weighted by molar-refractivity contribution is 6.01. The Balaban J connectivity index is 1.79. The van der Waals surface area contributed by atoms with Crippen LogP contribution in [0.25, 0.3) is 0 Å². The van der Waals surface area contributed by atoms with Gasteiger partial charge in [-0.1, -0.05) is 23.8 Å². The van der Waals surface area contributed by atoms with Gasteiger partial charge in [0.1, 0.15) is 0 Å². The van der Waals surface area contributed by atoms with E-state index in [-0.39, 0.29) is 18.2 Å². The van der Waals surface area contributed by atoms with Gasteiger partial charge in [0.05, 0.1) is 6.42 Å². The van der Waals surface area contributed by atoms with Crippen LogP contribution in [0, 0.1) is 6.92 Å². The van der Waals surface area contributed by atoms with Crippen molar-refractivity contribution in [3.8, 4) is 0 Å². The Morgan fingerprint density at radius 3 is 2.58 bits per heavy atom. The molecule has 1 aromatic carbocycles. The molecule has 124 valence electrons. The molecule has 0 atom stereocenters. The largest absolute Gasteiger partial charge is 0.352 e. The van der Waals surface area contributed by atoms with Crippen molar-refractivity contribution in [3.63, 3.8) is 0 Å². The van der Waals surface area contributed by atoms with E-state index in [1.165, 1.54) is 0 Å². The molecule has 0 saturated carbocycles. The maximum absolute atomic E-state index is 11.9. The van der Waals surface area contributed by atoms with Crippen LogP contribution < -0.4 is 10.7 Å². The van der Waals surface area contributed by atoms with Crippen LogP contribution in [0.15, 0.2) is 53.9 Å². The molecule has 0 aliphatic heterocycles. The van der Waals surface area contributed by atoms with Crippen molar-refractivity contribution in [1.82, 2.24) is 15.7 Å². The highest BCUT2D eigenvalue weighted by Gasteiger charge is 2.06. The summed E-state index contributed by atoms with van der Waals surface area (Å²) in [6.45, 7) is 4.06. The summed E-state index contributed by atoms with van der Waals surface area (Å²) in [4.78, 5) is 27.8. The molecule has 0 fully saturated rings. The molecular formula is C18H20N4O2. The van der Waals surface area contributed by atoms with Gasteiger partial charge in [0.2, 0.25) is 5.91 Å². The van der Waals surface area contributed by atoms with E-state index in [1.54, 1.807) is 31.5 Å². The van der Waals surface area contributed by atoms with Crippen molar-refractivity contribution < 1.29 is 9.59 Å². The molecule has 0 bridgehead atoms. The van der Waals surface area contributed by atoms with E-state index in [0.717, 1.165) is 11.1 Å². The first kappa shape index (κ1) is 17.3. The van der Waals surface area contributed by atoms with Crippen LogP contribution >= 0.6 is 0 Å². The number of carbonyl (C=O) groups is 2. The van der Waals surface area contributed by atoms with Gasteiger partial charge in [-0.3, -0.25) is 14.6 Å². The molecule has 2 N–H and O–H groups in total. The minimum Gasteiger partial charge on any atom is -0.352 e. The van der Waals surface area contributed by atoms with Crippen molar-refractivity contribution in [3.05, 3.63) is 65.5 Å². The predicted molar refractivity (Wildman–Crippen MR) is 92.5 cm³/mol. The second-order valence-corrected chi connectivity index (χ2v) is 5.47. The number of aryl methyl sites for hydroxylation is 1. The number of nitrogens with one attached hydrogen (secondary N) is 2. The first-order chi connectivity index (χ1) is 11.5. The smallest absolute Gasteiger partial charge is 0.271 e. The highest BCUT2D eigenvalue weighted by atomic mass is 16.2. The highest BCUT2D eigenvalue weighted by Crippen LogP contribution is 2.02. The maximum atomic E-state index is 11.9. The topological polar surface area (TPSA) is 83.4 Å². The van der Waals surface area contributed by atoms with Gasteiger partial charge in [-0.15, -0.1) is 0 Å². The second kappa shape index (κ2) is 8.57. The first-order valence-corrected chi connectivity index (χ1v) is 7.60. The molecule has 0 unspecified atom stereocenters. The van der Waals surface area contributed by atoms with Crippen molar-refractivity contribution in [2.24, 2.45) is 5.10 Å². The van der Waals surface area contributed by atoms with Gasteiger partial charge in [0, 0.05) is 30.2 Å². The van der Waals surface area contributed by atoms with E-state index >= 15 is 0 Å². The Morgan fingerprint density at radius 2 is 1.92 bits per heavy atom. The van der Waals surface area contributed by atoms with Crippen molar-refractivity contribution in [2.75, 3.05) is 0 Å². The lowest BCUT2D eigenvalue weighted by molar-refractivity contribution is -0.120. The van der Waals surface area contributed by atoms with E-state index < -0.39 is 0 Å². The fourth-order valence-corrected chi connectivity index (χ4v) is 1.95. The van der Waals surface area contributed by atoms with Gasteiger partial charge >= 0.3 is 0 Å². The van der Waals surface area contributed by atoms with Crippen LogP contribution in [0.1, 0.15) is 34.8 Å². The molecule has 0 saturated heterocycles. The minimum absolute atomic E-state index is 0.119. The summed E-state index contributed by atoms with van der Waals surface area (Å²) in [5, 5.41) is 6.74. The molecule has 1 heterocycles. The summed E-state index contributed by atoms with van der Waals surface area (Å²) < 4.78 is 0. The van der Waals surface area contributed by atoms with Crippen LogP contribution in [-0.2, 0) is 11.3 Å². The van der Waals surface area contributed by atoms with E-state index in [2.05, 4.69) is 20.8 Å². The lowest BCUT2D eigenvalue weighted by atomic mass is 10.1. The maximum Gasteiger partial charge on any atom is 0.271 e. The monoisotopic (exact) mass is 324 g/mol. The summed E-state index contributed by atoms with van der Waals surface area (Å²) in [5.74, 6) is -0.463. The Hall–Kier alpha value is -3.02. The lowest BCUT2D eigenvalue weighted by Crippen LogP contribution is -2.26. The Kier molecular flexibility index (Phi) is 6.19. The quantitative estimate of drug-likeness (QED) is 0.631. The zero-order chi connectivity index (χ0) is 17.4. The molecule has 0 spiro atoms. The van der Waals surface area contributed by atoms with Crippen LogP contribution in [-0.4, -0.2) is 22.5 Å². The number of carbonyl (C=O) groups excluding carboxylic acids is 2. The molecule has 0 aliphatic carbocycles. The SMILES string of the molecule is CC(CC(=O)NCc1cccnc1)=NNC(=O)c1ccc(C)cc1. The fourth-order valence-electron chi connectivity index (χ4n) is 1.95. The second-order valence-electron chi connectivity index (χ2n) is 5.47. The summed E-state index contributed by atoms with van der Waals surface area (Å²) in [6.07, 6.45) is 3.50. The molecule has 2 aromatic rings. The summed E-state index contributed by atoms with van der Waals surface area (Å²) in [5.41, 5.74) is 5.51. The van der Waals surface area contributed by atoms with Crippen LogP contribution in [0.5, 0.6) is 0 Å². The number of pyridine rings is 1. The van der Waals surface area contributed by atoms with Gasteiger partial charge in [-0.05, 0) is 37.6 Å². The third-order valence-electron chi connectivity index (χ3n) is 3.29.